The monoisotopic (exact) mass is 204 g/mol. The van der Waals surface area contributed by atoms with Gasteiger partial charge in [-0.3, -0.25) is 0 Å². The molecular formula is C11H12N2O2. The second kappa shape index (κ2) is 4.72. The van der Waals surface area contributed by atoms with E-state index in [1.807, 2.05) is 24.3 Å². The number of aromatic nitrogens is 1. The van der Waals surface area contributed by atoms with E-state index in [4.69, 9.17) is 9.25 Å². The molecule has 0 saturated carbocycles. The van der Waals surface area contributed by atoms with Gasteiger partial charge in [0, 0.05) is 12.1 Å². The van der Waals surface area contributed by atoms with E-state index in [0.29, 0.717) is 12.4 Å². The summed E-state index contributed by atoms with van der Waals surface area (Å²) in [6.45, 7) is 0.683. The summed E-state index contributed by atoms with van der Waals surface area (Å²) in [6, 6.07) is 7.95. The predicted octanol–water partition coefficient (Wildman–Crippen LogP) is 1.99. The minimum Gasteiger partial charge on any atom is -0.445 e. The van der Waals surface area contributed by atoms with Gasteiger partial charge in [-0.15, -0.1) is 0 Å². The van der Waals surface area contributed by atoms with Crippen LogP contribution < -0.4 is 5.48 Å². The number of benzene rings is 1. The summed E-state index contributed by atoms with van der Waals surface area (Å²) in [7, 11) is 1.60. The average Bonchev–Trinajstić information content (AvgIpc) is 2.80. The van der Waals surface area contributed by atoms with Gasteiger partial charge < -0.3 is 9.25 Å². The summed E-state index contributed by atoms with van der Waals surface area (Å²) < 4.78 is 5.19. The molecule has 0 fully saturated rings. The maximum Gasteiger partial charge on any atom is 0.225 e. The molecule has 4 nitrogen and oxygen atoms in total. The number of oxazole rings is 1. The van der Waals surface area contributed by atoms with Crippen LogP contribution in [0.25, 0.3) is 11.5 Å². The second-order valence-electron chi connectivity index (χ2n) is 3.06. The number of hydrogen-bond acceptors (Lipinski definition) is 4. The maximum absolute atomic E-state index is 5.19. The van der Waals surface area contributed by atoms with Gasteiger partial charge in [0.2, 0.25) is 5.89 Å². The molecule has 0 atom stereocenters. The summed E-state index contributed by atoms with van der Waals surface area (Å²) in [6.07, 6.45) is 3.20. The third-order valence-electron chi connectivity index (χ3n) is 2.05. The SMILES string of the molecule is CONCc1ccc(-c2ncco2)cc1. The molecular weight excluding hydrogens is 192 g/mol. The lowest BCUT2D eigenvalue weighted by molar-refractivity contribution is 0.0867. The fraction of sp³-hybridized carbons (Fsp3) is 0.182. The molecule has 0 aliphatic rings. The Bertz CT molecular complexity index is 395. The molecule has 0 unspecified atom stereocenters. The lowest BCUT2D eigenvalue weighted by Gasteiger charge is -2.02. The number of hydrogen-bond donors (Lipinski definition) is 1. The minimum atomic E-state index is 0.640. The molecule has 1 aromatic carbocycles. The standard InChI is InChI=1S/C11H12N2O2/c1-14-13-8-9-2-4-10(5-3-9)11-12-6-7-15-11/h2-7,13H,8H2,1H3. The van der Waals surface area contributed by atoms with Crippen molar-refractivity contribution in [2.45, 2.75) is 6.54 Å². The van der Waals surface area contributed by atoms with Gasteiger partial charge in [-0.05, 0) is 17.7 Å². The largest absolute Gasteiger partial charge is 0.445 e. The fourth-order valence-corrected chi connectivity index (χ4v) is 1.29. The van der Waals surface area contributed by atoms with Crippen molar-refractivity contribution in [3.8, 4) is 11.5 Å². The van der Waals surface area contributed by atoms with Crippen LogP contribution >= 0.6 is 0 Å². The van der Waals surface area contributed by atoms with E-state index in [-0.39, 0.29) is 0 Å². The summed E-state index contributed by atoms with van der Waals surface area (Å²) in [5.41, 5.74) is 4.90. The van der Waals surface area contributed by atoms with Crippen molar-refractivity contribution in [3.63, 3.8) is 0 Å². The van der Waals surface area contributed by atoms with E-state index >= 15 is 0 Å². The van der Waals surface area contributed by atoms with Crippen LogP contribution in [0.15, 0.2) is 41.1 Å². The molecule has 0 amide bonds. The third-order valence-corrected chi connectivity index (χ3v) is 2.05. The highest BCUT2D eigenvalue weighted by molar-refractivity contribution is 5.53. The molecule has 0 aliphatic heterocycles. The van der Waals surface area contributed by atoms with Crippen molar-refractivity contribution in [1.29, 1.82) is 0 Å². The summed E-state index contributed by atoms with van der Waals surface area (Å²) in [4.78, 5) is 8.84. The van der Waals surface area contributed by atoms with Gasteiger partial charge in [0.1, 0.15) is 6.26 Å². The van der Waals surface area contributed by atoms with Crippen LogP contribution in [0.2, 0.25) is 0 Å². The zero-order valence-corrected chi connectivity index (χ0v) is 8.43. The highest BCUT2D eigenvalue weighted by Gasteiger charge is 2.01. The zero-order chi connectivity index (χ0) is 10.5. The van der Waals surface area contributed by atoms with Gasteiger partial charge >= 0.3 is 0 Å². The van der Waals surface area contributed by atoms with Gasteiger partial charge in [-0.2, -0.15) is 5.48 Å². The number of hydroxylamine groups is 1. The van der Waals surface area contributed by atoms with Crippen LogP contribution in [0.4, 0.5) is 0 Å². The predicted molar refractivity (Wildman–Crippen MR) is 55.8 cm³/mol. The lowest BCUT2D eigenvalue weighted by Crippen LogP contribution is -2.10. The van der Waals surface area contributed by atoms with Crippen molar-refractivity contribution >= 4 is 0 Å². The molecule has 0 radical (unpaired) electrons. The highest BCUT2D eigenvalue weighted by Crippen LogP contribution is 2.17. The van der Waals surface area contributed by atoms with Crippen LogP contribution in [-0.2, 0) is 11.4 Å². The van der Waals surface area contributed by atoms with Crippen LogP contribution in [0.3, 0.4) is 0 Å². The Balaban J connectivity index is 2.11. The number of rotatable bonds is 4. The molecule has 1 heterocycles. The second-order valence-corrected chi connectivity index (χ2v) is 3.06. The van der Waals surface area contributed by atoms with E-state index in [0.717, 1.165) is 11.1 Å². The smallest absolute Gasteiger partial charge is 0.225 e. The molecule has 1 N–H and O–H groups in total. The Morgan fingerprint density at radius 1 is 1.33 bits per heavy atom. The summed E-state index contributed by atoms with van der Waals surface area (Å²) >= 11 is 0. The van der Waals surface area contributed by atoms with Crippen molar-refractivity contribution in [2.75, 3.05) is 7.11 Å². The number of nitrogens with zero attached hydrogens (tertiary/aromatic N) is 1. The van der Waals surface area contributed by atoms with Crippen molar-refractivity contribution in [1.82, 2.24) is 10.5 Å². The van der Waals surface area contributed by atoms with Crippen molar-refractivity contribution < 1.29 is 9.25 Å². The van der Waals surface area contributed by atoms with Gasteiger partial charge in [-0.1, -0.05) is 12.1 Å². The quantitative estimate of drug-likeness (QED) is 0.774. The van der Waals surface area contributed by atoms with Gasteiger partial charge in [0.05, 0.1) is 13.3 Å². The van der Waals surface area contributed by atoms with Gasteiger partial charge in [0.25, 0.3) is 0 Å². The molecule has 0 spiro atoms. The van der Waals surface area contributed by atoms with E-state index in [2.05, 4.69) is 10.5 Å². The molecule has 0 aliphatic carbocycles. The molecule has 78 valence electrons. The zero-order valence-electron chi connectivity index (χ0n) is 8.43. The third kappa shape index (κ3) is 2.43. The first-order chi connectivity index (χ1) is 7.40. The van der Waals surface area contributed by atoms with Crippen LogP contribution in [0.5, 0.6) is 0 Å². The molecule has 0 bridgehead atoms. The topological polar surface area (TPSA) is 47.3 Å². The Labute approximate surface area is 87.8 Å². The van der Waals surface area contributed by atoms with Gasteiger partial charge in [0.15, 0.2) is 0 Å². The molecule has 0 saturated heterocycles. The molecule has 4 heteroatoms. The normalized spacial score (nSPS) is 10.5. The first-order valence-electron chi connectivity index (χ1n) is 4.65. The molecule has 15 heavy (non-hydrogen) atoms. The van der Waals surface area contributed by atoms with E-state index in [1.54, 1.807) is 19.6 Å². The van der Waals surface area contributed by atoms with Crippen LogP contribution in [0.1, 0.15) is 5.56 Å². The van der Waals surface area contributed by atoms with Crippen LogP contribution in [-0.4, -0.2) is 12.1 Å². The van der Waals surface area contributed by atoms with E-state index in [1.165, 1.54) is 0 Å². The summed E-state index contributed by atoms with van der Waals surface area (Å²) in [5, 5.41) is 0. The van der Waals surface area contributed by atoms with Crippen molar-refractivity contribution in [3.05, 3.63) is 42.3 Å². The van der Waals surface area contributed by atoms with Crippen LogP contribution in [0, 0.1) is 0 Å². The Morgan fingerprint density at radius 3 is 2.73 bits per heavy atom. The van der Waals surface area contributed by atoms with Crippen molar-refractivity contribution in [2.24, 2.45) is 0 Å². The molecule has 2 rings (SSSR count). The fourth-order valence-electron chi connectivity index (χ4n) is 1.29. The first-order valence-corrected chi connectivity index (χ1v) is 4.65. The van der Waals surface area contributed by atoms with E-state index in [9.17, 15) is 0 Å². The Hall–Kier alpha value is -1.65. The summed E-state index contributed by atoms with van der Waals surface area (Å²) in [5.74, 6) is 0.640. The minimum absolute atomic E-state index is 0.640. The van der Waals surface area contributed by atoms with Gasteiger partial charge in [-0.25, -0.2) is 4.98 Å². The highest BCUT2D eigenvalue weighted by atomic mass is 16.6. The lowest BCUT2D eigenvalue weighted by atomic mass is 10.1. The maximum atomic E-state index is 5.19. The average molecular weight is 204 g/mol. The van der Waals surface area contributed by atoms with E-state index < -0.39 is 0 Å². The first kappa shape index (κ1) is 9.89. The Kier molecular flexibility index (Phi) is 3.11. The Morgan fingerprint density at radius 2 is 2.13 bits per heavy atom. The molecule has 2 aromatic rings. The number of nitrogens with one attached hydrogen (secondary N) is 1. The molecule has 1 aromatic heterocycles.